The summed E-state index contributed by atoms with van der Waals surface area (Å²) in [7, 11) is 0. The first-order valence-corrected chi connectivity index (χ1v) is 6.71. The van der Waals surface area contributed by atoms with E-state index in [1.54, 1.807) is 12.1 Å². The number of rotatable bonds is 9. The maximum Gasteiger partial charge on any atom is 0.311 e. The van der Waals surface area contributed by atoms with E-state index in [9.17, 15) is 14.5 Å². The number of hydrogen-bond donors (Lipinski definition) is 1. The topological polar surface area (TPSA) is 64.4 Å². The van der Waals surface area contributed by atoms with Crippen molar-refractivity contribution in [3.05, 3.63) is 33.9 Å². The van der Waals surface area contributed by atoms with Crippen LogP contribution in [0.3, 0.4) is 0 Å². The van der Waals surface area contributed by atoms with Crippen LogP contribution in [0.4, 0.5) is 10.1 Å². The molecular formula is C14H21FN2O3. The number of benzene rings is 1. The number of halogens is 1. The Morgan fingerprint density at radius 2 is 2.20 bits per heavy atom. The smallest absolute Gasteiger partial charge is 0.311 e. The van der Waals surface area contributed by atoms with Crippen LogP contribution in [0.25, 0.3) is 0 Å². The molecule has 6 heteroatoms. The largest absolute Gasteiger partial charge is 0.487 e. The van der Waals surface area contributed by atoms with Gasteiger partial charge in [0.2, 0.25) is 0 Å². The van der Waals surface area contributed by atoms with E-state index in [1.165, 1.54) is 6.07 Å². The molecule has 0 fully saturated rings. The van der Waals surface area contributed by atoms with Gasteiger partial charge in [-0.2, -0.15) is 0 Å². The van der Waals surface area contributed by atoms with Crippen LogP contribution >= 0.6 is 0 Å². The zero-order valence-corrected chi connectivity index (χ0v) is 11.9. The van der Waals surface area contributed by atoms with Crippen LogP contribution in [0.2, 0.25) is 0 Å². The zero-order chi connectivity index (χ0) is 15.0. The Hall–Kier alpha value is -1.69. The van der Waals surface area contributed by atoms with Gasteiger partial charge in [-0.3, -0.25) is 14.5 Å². The Morgan fingerprint density at radius 1 is 1.45 bits per heavy atom. The molecule has 0 heterocycles. The van der Waals surface area contributed by atoms with Crippen molar-refractivity contribution in [3.8, 4) is 5.75 Å². The lowest BCUT2D eigenvalue weighted by Crippen LogP contribution is -2.19. The molecule has 1 aromatic carbocycles. The highest BCUT2D eigenvalue weighted by atomic mass is 19.1. The van der Waals surface area contributed by atoms with Crippen molar-refractivity contribution in [1.82, 2.24) is 5.32 Å². The quantitative estimate of drug-likeness (QED) is 0.430. The summed E-state index contributed by atoms with van der Waals surface area (Å²) >= 11 is 0. The number of nitrogens with zero attached hydrogens (tertiary/aromatic N) is 1. The molecule has 1 N–H and O–H groups in total. The summed E-state index contributed by atoms with van der Waals surface area (Å²) in [6, 6.07) is 4.85. The molecule has 0 spiro atoms. The van der Waals surface area contributed by atoms with Crippen molar-refractivity contribution in [1.29, 1.82) is 0 Å². The van der Waals surface area contributed by atoms with Crippen molar-refractivity contribution in [2.24, 2.45) is 5.92 Å². The molecule has 1 aromatic rings. The summed E-state index contributed by atoms with van der Waals surface area (Å²) in [6.07, 6.45) is 0.231. The van der Waals surface area contributed by atoms with E-state index in [-0.39, 0.29) is 24.5 Å². The normalized spacial score (nSPS) is 10.8. The molecule has 1 rings (SSSR count). The lowest BCUT2D eigenvalue weighted by atomic mass is 10.1. The summed E-state index contributed by atoms with van der Waals surface area (Å²) in [5, 5.41) is 14.2. The molecule has 0 aliphatic heterocycles. The van der Waals surface area contributed by atoms with Crippen molar-refractivity contribution in [2.45, 2.75) is 26.8 Å². The molecule has 0 aliphatic carbocycles. The summed E-state index contributed by atoms with van der Waals surface area (Å²) in [4.78, 5) is 10.5. The monoisotopic (exact) mass is 284 g/mol. The van der Waals surface area contributed by atoms with Crippen molar-refractivity contribution in [3.63, 3.8) is 0 Å². The molecule has 0 aliphatic rings. The third-order valence-corrected chi connectivity index (χ3v) is 2.64. The Labute approximate surface area is 118 Å². The van der Waals surface area contributed by atoms with Gasteiger partial charge in [-0.25, -0.2) is 0 Å². The number of hydrogen-bond acceptors (Lipinski definition) is 4. The molecule has 0 amide bonds. The fourth-order valence-corrected chi connectivity index (χ4v) is 1.68. The fourth-order valence-electron chi connectivity index (χ4n) is 1.68. The predicted molar refractivity (Wildman–Crippen MR) is 75.7 cm³/mol. The SMILES string of the molecule is CC(C)CNCc1ccc(OCCCF)c([N+](=O)[O-])c1. The van der Waals surface area contributed by atoms with E-state index >= 15 is 0 Å². The Morgan fingerprint density at radius 3 is 2.80 bits per heavy atom. The standard InChI is InChI=1S/C14H21FN2O3/c1-11(2)9-16-10-12-4-5-14(20-7-3-6-15)13(8-12)17(18)19/h4-5,8,11,16H,3,6-7,9-10H2,1-2H3. The second kappa shape index (κ2) is 8.47. The van der Waals surface area contributed by atoms with Crippen molar-refractivity contribution in [2.75, 3.05) is 19.8 Å². The van der Waals surface area contributed by atoms with Crippen molar-refractivity contribution < 1.29 is 14.1 Å². The highest BCUT2D eigenvalue weighted by molar-refractivity contribution is 5.48. The fraction of sp³-hybridized carbons (Fsp3) is 0.571. The molecule has 5 nitrogen and oxygen atoms in total. The second-order valence-corrected chi connectivity index (χ2v) is 4.97. The number of ether oxygens (including phenoxy) is 1. The van der Waals surface area contributed by atoms with Gasteiger partial charge in [-0.15, -0.1) is 0 Å². The molecule has 112 valence electrons. The maximum atomic E-state index is 12.0. The van der Waals surface area contributed by atoms with Gasteiger partial charge in [0.15, 0.2) is 5.75 Å². The van der Waals surface area contributed by atoms with Gasteiger partial charge in [-0.1, -0.05) is 19.9 Å². The Balaban J connectivity index is 2.71. The first-order chi connectivity index (χ1) is 9.54. The molecule has 0 saturated carbocycles. The lowest BCUT2D eigenvalue weighted by Gasteiger charge is -2.09. The average Bonchev–Trinajstić information content (AvgIpc) is 2.39. The van der Waals surface area contributed by atoms with Gasteiger partial charge in [0.1, 0.15) is 0 Å². The van der Waals surface area contributed by atoms with E-state index in [2.05, 4.69) is 19.2 Å². The van der Waals surface area contributed by atoms with Gasteiger partial charge in [-0.05, 0) is 24.1 Å². The van der Waals surface area contributed by atoms with E-state index < -0.39 is 11.6 Å². The Kier molecular flexibility index (Phi) is 6.93. The maximum absolute atomic E-state index is 12.0. The number of nitrogens with one attached hydrogen (secondary N) is 1. The summed E-state index contributed by atoms with van der Waals surface area (Å²) in [5.74, 6) is 0.712. The van der Waals surface area contributed by atoms with Crippen LogP contribution in [-0.2, 0) is 6.54 Å². The highest BCUT2D eigenvalue weighted by Crippen LogP contribution is 2.28. The number of alkyl halides is 1. The molecule has 0 unspecified atom stereocenters. The van der Waals surface area contributed by atoms with Crippen LogP contribution < -0.4 is 10.1 Å². The second-order valence-electron chi connectivity index (χ2n) is 4.97. The van der Waals surface area contributed by atoms with E-state index in [1.807, 2.05) is 0 Å². The van der Waals surface area contributed by atoms with Gasteiger partial charge in [0, 0.05) is 19.0 Å². The van der Waals surface area contributed by atoms with Crippen molar-refractivity contribution >= 4 is 5.69 Å². The molecule has 0 atom stereocenters. The molecule has 0 bridgehead atoms. The van der Waals surface area contributed by atoms with Crippen LogP contribution in [0.15, 0.2) is 18.2 Å². The number of nitro groups is 1. The minimum atomic E-state index is -0.495. The minimum Gasteiger partial charge on any atom is -0.487 e. The molecule has 0 aromatic heterocycles. The van der Waals surface area contributed by atoms with E-state index in [0.29, 0.717) is 12.5 Å². The highest BCUT2D eigenvalue weighted by Gasteiger charge is 2.15. The molecule has 20 heavy (non-hydrogen) atoms. The first-order valence-electron chi connectivity index (χ1n) is 6.71. The van der Waals surface area contributed by atoms with Crippen LogP contribution in [0.1, 0.15) is 25.8 Å². The summed E-state index contributed by atoms with van der Waals surface area (Å²) in [6.45, 7) is 5.26. The molecular weight excluding hydrogens is 263 g/mol. The minimum absolute atomic E-state index is 0.0762. The predicted octanol–water partition coefficient (Wildman–Crippen LogP) is 3.08. The average molecular weight is 284 g/mol. The third-order valence-electron chi connectivity index (χ3n) is 2.64. The summed E-state index contributed by atoms with van der Waals surface area (Å²) in [5.41, 5.74) is 0.753. The van der Waals surface area contributed by atoms with E-state index in [0.717, 1.165) is 12.1 Å². The van der Waals surface area contributed by atoms with Crippen LogP contribution in [0.5, 0.6) is 5.75 Å². The Bertz CT molecular complexity index is 438. The van der Waals surface area contributed by atoms with E-state index in [4.69, 9.17) is 4.74 Å². The third kappa shape index (κ3) is 5.52. The molecule has 0 radical (unpaired) electrons. The van der Waals surface area contributed by atoms with Crippen LogP contribution in [0, 0.1) is 16.0 Å². The summed E-state index contributed by atoms with van der Waals surface area (Å²) < 4.78 is 17.2. The van der Waals surface area contributed by atoms with Crippen LogP contribution in [-0.4, -0.2) is 24.7 Å². The van der Waals surface area contributed by atoms with Gasteiger partial charge < -0.3 is 10.1 Å². The van der Waals surface area contributed by atoms with Gasteiger partial charge in [0.25, 0.3) is 0 Å². The van der Waals surface area contributed by atoms with Gasteiger partial charge >= 0.3 is 5.69 Å². The van der Waals surface area contributed by atoms with Gasteiger partial charge in [0.05, 0.1) is 18.2 Å². The lowest BCUT2D eigenvalue weighted by molar-refractivity contribution is -0.385. The molecule has 0 saturated heterocycles. The zero-order valence-electron chi connectivity index (χ0n) is 11.9. The number of nitro benzene ring substituents is 1. The first kappa shape index (κ1) is 16.4.